The van der Waals surface area contributed by atoms with Gasteiger partial charge in [-0.2, -0.15) is 5.10 Å². The van der Waals surface area contributed by atoms with E-state index in [1.165, 1.54) is 23.0 Å². The van der Waals surface area contributed by atoms with Gasteiger partial charge < -0.3 is 9.47 Å². The van der Waals surface area contributed by atoms with E-state index in [1.807, 2.05) is 24.3 Å². The van der Waals surface area contributed by atoms with Gasteiger partial charge in [-0.05, 0) is 29.3 Å². The maximum Gasteiger partial charge on any atom is 0.203 e. The van der Waals surface area contributed by atoms with Crippen molar-refractivity contribution in [3.8, 4) is 0 Å². The number of aromatic nitrogens is 2. The second-order valence-electron chi connectivity index (χ2n) is 8.17. The number of allylic oxidation sites excluding steroid dienone is 6. The van der Waals surface area contributed by atoms with E-state index in [-0.39, 0.29) is 30.5 Å². The van der Waals surface area contributed by atoms with Gasteiger partial charge in [0.15, 0.2) is 11.7 Å². The summed E-state index contributed by atoms with van der Waals surface area (Å²) in [7, 11) is 1.70. The van der Waals surface area contributed by atoms with Crippen LogP contribution < -0.4 is 5.43 Å². The van der Waals surface area contributed by atoms with E-state index in [1.54, 1.807) is 19.5 Å². The Kier molecular flexibility index (Phi) is 8.23. The fourth-order valence-electron chi connectivity index (χ4n) is 3.60. The molecule has 2 aromatic rings. The molecular formula is C26H26F2N4O3. The van der Waals surface area contributed by atoms with Gasteiger partial charge in [-0.1, -0.05) is 24.3 Å². The van der Waals surface area contributed by atoms with Crippen LogP contribution in [0.4, 0.5) is 8.78 Å². The average molecular weight is 481 g/mol. The Hall–Kier alpha value is -3.56. The second kappa shape index (κ2) is 11.7. The Morgan fingerprint density at radius 1 is 1.29 bits per heavy atom. The van der Waals surface area contributed by atoms with Crippen molar-refractivity contribution in [3.63, 3.8) is 0 Å². The Bertz CT molecular complexity index is 1260. The summed E-state index contributed by atoms with van der Waals surface area (Å²) in [4.78, 5) is 21.0. The number of hydrogen-bond donors (Lipinski definition) is 0. The minimum Gasteiger partial charge on any atom is -0.376 e. The average Bonchev–Trinajstić information content (AvgIpc) is 2.98. The van der Waals surface area contributed by atoms with Crippen molar-refractivity contribution < 1.29 is 18.3 Å². The molecule has 2 heterocycles. The number of rotatable bonds is 9. The zero-order valence-electron chi connectivity index (χ0n) is 19.3. The maximum absolute atomic E-state index is 13.9. The van der Waals surface area contributed by atoms with Gasteiger partial charge in [-0.15, -0.1) is 0 Å². The van der Waals surface area contributed by atoms with Gasteiger partial charge in [0.05, 0.1) is 19.8 Å². The Balaban J connectivity index is 1.46. The topological polar surface area (TPSA) is 78.1 Å². The van der Waals surface area contributed by atoms with Crippen LogP contribution >= 0.6 is 0 Å². The van der Waals surface area contributed by atoms with Crippen LogP contribution in [-0.4, -0.2) is 61.2 Å². The molecule has 0 spiro atoms. The highest BCUT2D eigenvalue weighted by Gasteiger charge is 2.22. The van der Waals surface area contributed by atoms with Gasteiger partial charge in [0, 0.05) is 50.3 Å². The van der Waals surface area contributed by atoms with Gasteiger partial charge in [0.25, 0.3) is 0 Å². The Morgan fingerprint density at radius 2 is 2.14 bits per heavy atom. The molecule has 182 valence electrons. The molecule has 7 nitrogen and oxygen atoms in total. The lowest BCUT2D eigenvalue weighted by Crippen LogP contribution is -2.40. The van der Waals surface area contributed by atoms with E-state index in [0.717, 1.165) is 23.3 Å². The van der Waals surface area contributed by atoms with Crippen LogP contribution in [0, 0.1) is 0 Å². The molecule has 0 N–H and O–H groups in total. The van der Waals surface area contributed by atoms with E-state index in [0.29, 0.717) is 31.1 Å². The van der Waals surface area contributed by atoms with Crippen molar-refractivity contribution in [2.75, 3.05) is 26.8 Å². The van der Waals surface area contributed by atoms with Crippen LogP contribution in [0.3, 0.4) is 0 Å². The van der Waals surface area contributed by atoms with Gasteiger partial charge >= 0.3 is 0 Å². The number of nitrogens with zero attached hydrogens (tertiary/aromatic N) is 4. The van der Waals surface area contributed by atoms with E-state index in [2.05, 4.69) is 15.1 Å². The molecule has 0 saturated carbocycles. The van der Waals surface area contributed by atoms with Gasteiger partial charge in [-0.3, -0.25) is 14.8 Å². The van der Waals surface area contributed by atoms with Gasteiger partial charge in [0.1, 0.15) is 17.9 Å². The Morgan fingerprint density at radius 3 is 2.91 bits per heavy atom. The molecule has 1 unspecified atom stereocenters. The number of hydrogen-bond acceptors (Lipinski definition) is 6. The molecule has 1 aromatic carbocycles. The monoisotopic (exact) mass is 480 g/mol. The summed E-state index contributed by atoms with van der Waals surface area (Å²) < 4.78 is 39.8. The van der Waals surface area contributed by atoms with Crippen molar-refractivity contribution in [1.29, 1.82) is 0 Å². The van der Waals surface area contributed by atoms with Crippen LogP contribution in [0.2, 0.25) is 0 Å². The summed E-state index contributed by atoms with van der Waals surface area (Å²) in [6, 6.07) is 9.00. The molecule has 1 aliphatic carbocycles. The Labute approximate surface area is 201 Å². The van der Waals surface area contributed by atoms with Crippen molar-refractivity contribution in [2.45, 2.75) is 25.0 Å². The predicted molar refractivity (Wildman–Crippen MR) is 131 cm³/mol. The highest BCUT2D eigenvalue weighted by Crippen LogP contribution is 2.22. The number of halogens is 2. The normalized spacial score (nSPS) is 17.6. The third-order valence-electron chi connectivity index (χ3n) is 5.43. The summed E-state index contributed by atoms with van der Waals surface area (Å²) in [6.07, 6.45) is 9.05. The summed E-state index contributed by atoms with van der Waals surface area (Å²) in [6.45, 7) is 1.61. The molecule has 0 radical (unpaired) electrons. The molecule has 1 atom stereocenters. The lowest BCUT2D eigenvalue weighted by Gasteiger charge is -2.28. The summed E-state index contributed by atoms with van der Waals surface area (Å²) >= 11 is 0. The van der Waals surface area contributed by atoms with Crippen molar-refractivity contribution in [3.05, 3.63) is 93.5 Å². The predicted octanol–water partition coefficient (Wildman–Crippen LogP) is 3.69. The largest absolute Gasteiger partial charge is 0.376 e. The lowest BCUT2D eigenvalue weighted by molar-refractivity contribution is -0.138. The first-order valence-electron chi connectivity index (χ1n) is 11.3. The molecule has 1 aromatic heterocycles. The zero-order valence-corrected chi connectivity index (χ0v) is 19.3. The van der Waals surface area contributed by atoms with E-state index < -0.39 is 11.7 Å². The molecule has 1 aliphatic heterocycles. The third-order valence-corrected chi connectivity index (χ3v) is 5.43. The van der Waals surface area contributed by atoms with Crippen molar-refractivity contribution >= 4 is 18.1 Å². The molecule has 9 heteroatoms. The summed E-state index contributed by atoms with van der Waals surface area (Å²) in [5.41, 5.74) is 2.24. The maximum atomic E-state index is 13.9. The highest BCUT2D eigenvalue weighted by atomic mass is 19.2. The SMILES string of the molecule is CN=CC(CN=Cc1cccc(Cc2nn(C3=CC(F)=C(F)C=CC3)ccc2=O)c1)OC1COC1. The molecule has 4 rings (SSSR count). The lowest BCUT2D eigenvalue weighted by atomic mass is 10.1. The minimum absolute atomic E-state index is 0.0789. The molecule has 0 bridgehead atoms. The molecule has 1 saturated heterocycles. The molecular weight excluding hydrogens is 454 g/mol. The highest BCUT2D eigenvalue weighted by molar-refractivity contribution is 5.80. The van der Waals surface area contributed by atoms with Crippen LogP contribution in [-0.2, 0) is 15.9 Å². The first-order chi connectivity index (χ1) is 17.0. The minimum atomic E-state index is -0.971. The van der Waals surface area contributed by atoms with Crippen LogP contribution in [0.1, 0.15) is 23.2 Å². The first-order valence-corrected chi connectivity index (χ1v) is 11.3. The quantitative estimate of drug-likeness (QED) is 0.513. The standard InChI is InChI=1S/C26H26F2N4O3/c1-29-14-21(35-22-16-34-17-22)15-30-13-19-5-2-4-18(10-19)11-25-26(33)8-9-32(31-25)20-6-3-7-23(27)24(28)12-20/h2-5,7-10,12-14,21-22H,6,11,15-17H2,1H3. The molecule has 0 amide bonds. The summed E-state index contributed by atoms with van der Waals surface area (Å²) in [5.74, 6) is -1.90. The van der Waals surface area contributed by atoms with Crippen LogP contribution in [0.5, 0.6) is 0 Å². The number of aliphatic imine (C=N–C) groups is 2. The molecule has 2 aliphatic rings. The summed E-state index contributed by atoms with van der Waals surface area (Å²) in [5, 5.41) is 4.38. The fraction of sp³-hybridized carbons (Fsp3) is 0.308. The zero-order chi connectivity index (χ0) is 24.6. The smallest absolute Gasteiger partial charge is 0.203 e. The van der Waals surface area contributed by atoms with E-state index in [4.69, 9.17) is 9.47 Å². The van der Waals surface area contributed by atoms with E-state index in [9.17, 15) is 13.6 Å². The molecule has 35 heavy (non-hydrogen) atoms. The van der Waals surface area contributed by atoms with Crippen molar-refractivity contribution in [2.24, 2.45) is 9.98 Å². The molecule has 1 fully saturated rings. The number of ether oxygens (including phenoxy) is 2. The van der Waals surface area contributed by atoms with Crippen molar-refractivity contribution in [1.82, 2.24) is 9.78 Å². The van der Waals surface area contributed by atoms with Gasteiger partial charge in [-0.25, -0.2) is 13.5 Å². The first kappa shape index (κ1) is 24.6. The third kappa shape index (κ3) is 6.74. The van der Waals surface area contributed by atoms with Crippen LogP contribution in [0.25, 0.3) is 5.70 Å². The van der Waals surface area contributed by atoms with E-state index >= 15 is 0 Å². The fourth-order valence-corrected chi connectivity index (χ4v) is 3.60. The number of benzene rings is 1. The van der Waals surface area contributed by atoms with Gasteiger partial charge in [0.2, 0.25) is 5.43 Å². The van der Waals surface area contributed by atoms with Crippen LogP contribution in [0.15, 0.2) is 81.2 Å². The second-order valence-corrected chi connectivity index (χ2v) is 8.17.